The van der Waals surface area contributed by atoms with Gasteiger partial charge < -0.3 is 15.2 Å². The second-order valence-corrected chi connectivity index (χ2v) is 4.32. The Hall–Kier alpha value is -2.35. The summed E-state index contributed by atoms with van der Waals surface area (Å²) < 4.78 is 5.77. The first kappa shape index (κ1) is 15.7. The normalized spacial score (nSPS) is 10.1. The van der Waals surface area contributed by atoms with Crippen molar-refractivity contribution in [2.75, 3.05) is 12.4 Å². The van der Waals surface area contributed by atoms with E-state index in [9.17, 15) is 14.4 Å². The minimum atomic E-state index is -1.28. The smallest absolute Gasteiger partial charge is 0.328 e. The second kappa shape index (κ2) is 7.29. The molecule has 3 amide bonds. The molecule has 0 aliphatic rings. The van der Waals surface area contributed by atoms with E-state index in [1.165, 1.54) is 7.11 Å². The first-order valence-corrected chi connectivity index (χ1v) is 6.08. The van der Waals surface area contributed by atoms with Crippen LogP contribution in [0, 0.1) is 0 Å². The molecule has 106 valence electrons. The van der Waals surface area contributed by atoms with Gasteiger partial charge in [0, 0.05) is 23.9 Å². The number of ether oxygens (including phenoxy) is 1. The Morgan fingerprint density at radius 3 is 2.60 bits per heavy atom. The molecule has 0 saturated heterocycles. The van der Waals surface area contributed by atoms with E-state index in [1.54, 1.807) is 18.2 Å². The van der Waals surface area contributed by atoms with Crippen molar-refractivity contribution in [2.24, 2.45) is 0 Å². The van der Waals surface area contributed by atoms with Crippen LogP contribution in [0.25, 0.3) is 0 Å². The number of carboxylic acids is 1. The Balaban J connectivity index is 2.62. The molecule has 1 aromatic rings. The molecule has 0 radical (unpaired) electrons. The van der Waals surface area contributed by atoms with Gasteiger partial charge in [0.1, 0.15) is 5.75 Å². The number of benzene rings is 1. The van der Waals surface area contributed by atoms with Gasteiger partial charge in [0.25, 0.3) is 5.91 Å². The second-order valence-electron chi connectivity index (χ2n) is 3.46. The lowest BCUT2D eigenvalue weighted by Crippen LogP contribution is -2.33. The predicted molar refractivity (Wildman–Crippen MR) is 74.6 cm³/mol. The van der Waals surface area contributed by atoms with Crippen molar-refractivity contribution >= 4 is 39.5 Å². The number of methoxy groups -OCH3 is 1. The number of hydrogen-bond donors (Lipinski definition) is 3. The molecule has 0 saturated carbocycles. The van der Waals surface area contributed by atoms with E-state index >= 15 is 0 Å². The molecule has 20 heavy (non-hydrogen) atoms. The maximum absolute atomic E-state index is 11.5. The molecule has 8 heteroatoms. The number of carbonyl (C=O) groups excluding carboxylic acids is 2. The van der Waals surface area contributed by atoms with Crippen LogP contribution in [-0.2, 0) is 9.59 Å². The molecular weight excluding hydrogens is 332 g/mol. The molecule has 0 fully saturated rings. The Kier molecular flexibility index (Phi) is 5.73. The highest BCUT2D eigenvalue weighted by molar-refractivity contribution is 9.10. The van der Waals surface area contributed by atoms with E-state index < -0.39 is 17.9 Å². The van der Waals surface area contributed by atoms with Crippen LogP contribution in [-0.4, -0.2) is 30.1 Å². The number of nitrogens with one attached hydrogen (secondary N) is 2. The Morgan fingerprint density at radius 1 is 1.30 bits per heavy atom. The number of amides is 3. The maximum atomic E-state index is 11.5. The van der Waals surface area contributed by atoms with Gasteiger partial charge in [-0.15, -0.1) is 0 Å². The van der Waals surface area contributed by atoms with Crippen LogP contribution in [0.4, 0.5) is 10.5 Å². The number of carbonyl (C=O) groups is 3. The molecule has 0 atom stereocenters. The topological polar surface area (TPSA) is 105 Å². The third-order valence-electron chi connectivity index (χ3n) is 2.02. The molecule has 0 spiro atoms. The van der Waals surface area contributed by atoms with E-state index in [0.29, 0.717) is 22.0 Å². The highest BCUT2D eigenvalue weighted by atomic mass is 79.9. The van der Waals surface area contributed by atoms with Crippen LogP contribution >= 0.6 is 15.9 Å². The molecular formula is C12H11BrN2O5. The summed E-state index contributed by atoms with van der Waals surface area (Å²) in [7, 11) is 1.48. The molecule has 0 aliphatic heterocycles. The van der Waals surface area contributed by atoms with Gasteiger partial charge in [0.05, 0.1) is 11.6 Å². The largest absolute Gasteiger partial charge is 0.495 e. The minimum absolute atomic E-state index is 0.414. The van der Waals surface area contributed by atoms with Crippen LogP contribution in [0.3, 0.4) is 0 Å². The lowest BCUT2D eigenvalue weighted by molar-refractivity contribution is -0.131. The molecule has 7 nitrogen and oxygen atoms in total. The van der Waals surface area contributed by atoms with Gasteiger partial charge in [-0.3, -0.25) is 10.1 Å². The average Bonchev–Trinajstić information content (AvgIpc) is 2.38. The van der Waals surface area contributed by atoms with E-state index in [-0.39, 0.29) is 0 Å². The monoisotopic (exact) mass is 342 g/mol. The van der Waals surface area contributed by atoms with Crippen molar-refractivity contribution in [2.45, 2.75) is 0 Å². The van der Waals surface area contributed by atoms with Crippen LogP contribution in [0.5, 0.6) is 5.75 Å². The third-order valence-corrected chi connectivity index (χ3v) is 2.68. The van der Waals surface area contributed by atoms with Crippen molar-refractivity contribution < 1.29 is 24.2 Å². The van der Waals surface area contributed by atoms with E-state index in [0.717, 1.165) is 6.08 Å². The zero-order chi connectivity index (χ0) is 15.1. The van der Waals surface area contributed by atoms with Gasteiger partial charge in [0.2, 0.25) is 0 Å². The molecule has 0 unspecified atom stereocenters. The molecule has 0 heterocycles. The fraction of sp³-hybridized carbons (Fsp3) is 0.0833. The van der Waals surface area contributed by atoms with Gasteiger partial charge in [0.15, 0.2) is 0 Å². The zero-order valence-electron chi connectivity index (χ0n) is 10.3. The molecule has 1 rings (SSSR count). The van der Waals surface area contributed by atoms with Gasteiger partial charge in [-0.25, -0.2) is 9.59 Å². The summed E-state index contributed by atoms with van der Waals surface area (Å²) in [5.74, 6) is -1.60. The Labute approximate surface area is 122 Å². The summed E-state index contributed by atoms with van der Waals surface area (Å²) >= 11 is 3.26. The summed E-state index contributed by atoms with van der Waals surface area (Å²) in [5, 5.41) is 12.7. The number of aliphatic carboxylic acids is 1. The summed E-state index contributed by atoms with van der Waals surface area (Å²) in [6, 6.07) is 4.04. The summed E-state index contributed by atoms with van der Waals surface area (Å²) in [6.07, 6.45) is 1.37. The predicted octanol–water partition coefficient (Wildman–Crippen LogP) is 1.75. The number of anilines is 1. The molecule has 0 bridgehead atoms. The standard InChI is InChI=1S/C12H11BrN2O5/c1-20-9-6-7(2-3-8(9)13)14-12(19)15-10(16)4-5-11(17)18/h2-6H,1H3,(H,17,18)(H2,14,15,16,19)/b5-4+. The molecule has 0 aromatic heterocycles. The van der Waals surface area contributed by atoms with Crippen molar-refractivity contribution in [3.05, 3.63) is 34.8 Å². The molecule has 3 N–H and O–H groups in total. The van der Waals surface area contributed by atoms with E-state index in [2.05, 4.69) is 21.2 Å². The lowest BCUT2D eigenvalue weighted by Gasteiger charge is -2.08. The fourth-order valence-electron chi connectivity index (χ4n) is 1.20. The van der Waals surface area contributed by atoms with Gasteiger partial charge >= 0.3 is 12.0 Å². The molecule has 0 aliphatic carbocycles. The van der Waals surface area contributed by atoms with Crippen molar-refractivity contribution in [1.82, 2.24) is 5.32 Å². The average molecular weight is 343 g/mol. The zero-order valence-corrected chi connectivity index (χ0v) is 11.9. The third kappa shape index (κ3) is 5.11. The maximum Gasteiger partial charge on any atom is 0.328 e. The number of carboxylic acid groups (broad SMARTS) is 1. The number of urea groups is 1. The van der Waals surface area contributed by atoms with E-state index in [1.807, 2.05) is 5.32 Å². The van der Waals surface area contributed by atoms with E-state index in [4.69, 9.17) is 9.84 Å². The highest BCUT2D eigenvalue weighted by Gasteiger charge is 2.07. The minimum Gasteiger partial charge on any atom is -0.495 e. The van der Waals surface area contributed by atoms with Crippen molar-refractivity contribution in [3.63, 3.8) is 0 Å². The lowest BCUT2D eigenvalue weighted by atomic mass is 10.3. The first-order valence-electron chi connectivity index (χ1n) is 5.29. The van der Waals surface area contributed by atoms with Gasteiger partial charge in [-0.1, -0.05) is 0 Å². The van der Waals surface area contributed by atoms with Crippen LogP contribution in [0.15, 0.2) is 34.8 Å². The first-order chi connectivity index (χ1) is 9.42. The van der Waals surface area contributed by atoms with Crippen LogP contribution in [0.1, 0.15) is 0 Å². The number of halogens is 1. The number of rotatable bonds is 4. The van der Waals surface area contributed by atoms with Crippen molar-refractivity contribution in [1.29, 1.82) is 0 Å². The fourth-order valence-corrected chi connectivity index (χ4v) is 1.61. The summed E-state index contributed by atoms with van der Waals surface area (Å²) in [5.41, 5.74) is 0.414. The summed E-state index contributed by atoms with van der Waals surface area (Å²) in [4.78, 5) is 32.8. The van der Waals surface area contributed by atoms with Crippen LogP contribution in [0.2, 0.25) is 0 Å². The number of imide groups is 1. The van der Waals surface area contributed by atoms with Gasteiger partial charge in [-0.2, -0.15) is 0 Å². The van der Waals surface area contributed by atoms with Crippen molar-refractivity contribution in [3.8, 4) is 5.75 Å². The SMILES string of the molecule is COc1cc(NC(=O)NC(=O)/C=C/C(=O)O)ccc1Br. The molecule has 1 aromatic carbocycles. The van der Waals surface area contributed by atoms with Crippen LogP contribution < -0.4 is 15.4 Å². The Bertz CT molecular complexity index is 571. The highest BCUT2D eigenvalue weighted by Crippen LogP contribution is 2.27. The Morgan fingerprint density at radius 2 is 2.00 bits per heavy atom. The quantitative estimate of drug-likeness (QED) is 0.723. The van der Waals surface area contributed by atoms with Gasteiger partial charge in [-0.05, 0) is 28.1 Å². The number of hydrogen-bond acceptors (Lipinski definition) is 4. The summed E-state index contributed by atoms with van der Waals surface area (Å²) in [6.45, 7) is 0.